The number of para-hydroxylation sites is 2. The molecule has 2 amide bonds. The van der Waals surface area contributed by atoms with Gasteiger partial charge in [-0.1, -0.05) is 35.9 Å². The van der Waals surface area contributed by atoms with E-state index in [1.165, 1.54) is 0 Å². The van der Waals surface area contributed by atoms with Gasteiger partial charge in [-0.2, -0.15) is 0 Å². The van der Waals surface area contributed by atoms with Crippen LogP contribution in [0.1, 0.15) is 18.6 Å². The van der Waals surface area contributed by atoms with Crippen molar-refractivity contribution in [1.29, 1.82) is 0 Å². The molecule has 146 valence electrons. The van der Waals surface area contributed by atoms with Gasteiger partial charge in [0.2, 0.25) is 11.8 Å². The minimum absolute atomic E-state index is 0.0329. The Morgan fingerprint density at radius 1 is 1.21 bits per heavy atom. The van der Waals surface area contributed by atoms with Gasteiger partial charge in [0.25, 0.3) is 0 Å². The molecule has 28 heavy (non-hydrogen) atoms. The molecule has 0 bridgehead atoms. The maximum absolute atomic E-state index is 13.2. The predicted molar refractivity (Wildman–Crippen MR) is 109 cm³/mol. The third kappa shape index (κ3) is 3.76. The quantitative estimate of drug-likeness (QED) is 0.861. The van der Waals surface area contributed by atoms with E-state index in [9.17, 15) is 9.59 Å². The number of morpholine rings is 1. The first kappa shape index (κ1) is 18.9. The van der Waals surface area contributed by atoms with E-state index in [1.807, 2.05) is 55.5 Å². The van der Waals surface area contributed by atoms with Crippen molar-refractivity contribution >= 4 is 34.8 Å². The molecule has 2 atom stereocenters. The van der Waals surface area contributed by atoms with Crippen LogP contribution >= 0.6 is 11.6 Å². The lowest BCUT2D eigenvalue weighted by Crippen LogP contribution is -2.54. The van der Waals surface area contributed by atoms with Gasteiger partial charge in [0.15, 0.2) is 0 Å². The number of rotatable bonds is 3. The fourth-order valence-corrected chi connectivity index (χ4v) is 3.84. The molecule has 2 aliphatic heterocycles. The first-order chi connectivity index (χ1) is 13.5. The summed E-state index contributed by atoms with van der Waals surface area (Å²) in [6.07, 6.45) is -0.113. The smallest absolute Gasteiger partial charge is 0.244 e. The summed E-state index contributed by atoms with van der Waals surface area (Å²) in [5, 5.41) is 3.50. The summed E-state index contributed by atoms with van der Waals surface area (Å²) in [4.78, 5) is 29.0. The number of benzene rings is 2. The van der Waals surface area contributed by atoms with Crippen LogP contribution in [0.5, 0.6) is 0 Å². The number of carbonyl (C=O) groups is 2. The summed E-state index contributed by atoms with van der Waals surface area (Å²) in [6, 6.07) is 14.6. The Kier molecular flexibility index (Phi) is 5.35. The van der Waals surface area contributed by atoms with Gasteiger partial charge < -0.3 is 10.1 Å². The monoisotopic (exact) mass is 399 g/mol. The summed E-state index contributed by atoms with van der Waals surface area (Å²) in [6.45, 7) is 3.74. The third-order valence-corrected chi connectivity index (χ3v) is 5.53. The number of ether oxygens (including phenoxy) is 1. The van der Waals surface area contributed by atoms with E-state index in [4.69, 9.17) is 16.3 Å². The molecule has 0 unspecified atom stereocenters. The summed E-state index contributed by atoms with van der Waals surface area (Å²) >= 11 is 5.98. The van der Waals surface area contributed by atoms with E-state index in [1.54, 1.807) is 4.90 Å². The molecule has 2 aromatic carbocycles. The molecule has 2 aliphatic rings. The lowest BCUT2D eigenvalue weighted by molar-refractivity contribution is -0.128. The van der Waals surface area contributed by atoms with Crippen molar-refractivity contribution in [2.75, 3.05) is 36.5 Å². The van der Waals surface area contributed by atoms with Crippen molar-refractivity contribution < 1.29 is 14.3 Å². The summed E-state index contributed by atoms with van der Waals surface area (Å²) in [7, 11) is 0. The molecular formula is C21H22ClN3O3. The van der Waals surface area contributed by atoms with Gasteiger partial charge in [-0.3, -0.25) is 19.4 Å². The van der Waals surface area contributed by atoms with Gasteiger partial charge in [0.1, 0.15) is 6.54 Å². The molecular weight excluding hydrogens is 378 g/mol. The second kappa shape index (κ2) is 7.91. The molecule has 1 saturated heterocycles. The predicted octanol–water partition coefficient (Wildman–Crippen LogP) is 3.09. The molecule has 0 aromatic heterocycles. The van der Waals surface area contributed by atoms with E-state index < -0.39 is 0 Å². The van der Waals surface area contributed by atoms with Crippen molar-refractivity contribution in [3.05, 3.63) is 59.1 Å². The number of hydrogen-bond donors (Lipinski definition) is 1. The molecule has 1 N–H and O–H groups in total. The Morgan fingerprint density at radius 2 is 1.96 bits per heavy atom. The van der Waals surface area contributed by atoms with Gasteiger partial charge in [-0.25, -0.2) is 0 Å². The number of halogens is 1. The summed E-state index contributed by atoms with van der Waals surface area (Å²) in [5.41, 5.74) is 2.44. The van der Waals surface area contributed by atoms with E-state index >= 15 is 0 Å². The van der Waals surface area contributed by atoms with Crippen LogP contribution in [-0.2, 0) is 14.3 Å². The van der Waals surface area contributed by atoms with Crippen molar-refractivity contribution in [2.45, 2.75) is 19.1 Å². The molecule has 7 heteroatoms. The highest BCUT2D eigenvalue weighted by Crippen LogP contribution is 2.31. The van der Waals surface area contributed by atoms with Crippen LogP contribution in [0.25, 0.3) is 0 Å². The zero-order valence-electron chi connectivity index (χ0n) is 15.6. The SMILES string of the molecule is C[C@@H](C(=O)N1CC(=O)Nc2ccccc21)N1CCO[C@H](c2ccc(Cl)cc2)C1. The van der Waals surface area contributed by atoms with Crippen molar-refractivity contribution in [2.24, 2.45) is 0 Å². The fraction of sp³-hybridized carbons (Fsp3) is 0.333. The average molecular weight is 400 g/mol. The first-order valence-corrected chi connectivity index (χ1v) is 9.72. The van der Waals surface area contributed by atoms with Crippen LogP contribution < -0.4 is 10.2 Å². The van der Waals surface area contributed by atoms with Crippen LogP contribution in [0.4, 0.5) is 11.4 Å². The van der Waals surface area contributed by atoms with E-state index in [0.29, 0.717) is 30.4 Å². The first-order valence-electron chi connectivity index (χ1n) is 9.34. The van der Waals surface area contributed by atoms with E-state index in [-0.39, 0.29) is 30.5 Å². The normalized spacial score (nSPS) is 21.0. The fourth-order valence-electron chi connectivity index (χ4n) is 3.71. The highest BCUT2D eigenvalue weighted by atomic mass is 35.5. The topological polar surface area (TPSA) is 61.9 Å². The second-order valence-electron chi connectivity index (χ2n) is 7.07. The van der Waals surface area contributed by atoms with Crippen molar-refractivity contribution in [3.8, 4) is 0 Å². The third-order valence-electron chi connectivity index (χ3n) is 5.28. The largest absolute Gasteiger partial charge is 0.371 e. The average Bonchev–Trinajstić information content (AvgIpc) is 2.72. The lowest BCUT2D eigenvalue weighted by Gasteiger charge is -2.39. The van der Waals surface area contributed by atoms with Crippen LogP contribution in [0.2, 0.25) is 5.02 Å². The van der Waals surface area contributed by atoms with E-state index in [2.05, 4.69) is 10.2 Å². The number of amides is 2. The highest BCUT2D eigenvalue weighted by Gasteiger charge is 2.34. The minimum Gasteiger partial charge on any atom is -0.371 e. The van der Waals surface area contributed by atoms with Crippen molar-refractivity contribution in [1.82, 2.24) is 4.90 Å². The number of fused-ring (bicyclic) bond motifs is 1. The number of nitrogens with zero attached hydrogens (tertiary/aromatic N) is 2. The van der Waals surface area contributed by atoms with Crippen LogP contribution in [0.3, 0.4) is 0 Å². The molecule has 0 radical (unpaired) electrons. The Labute approximate surface area is 169 Å². The number of nitrogens with one attached hydrogen (secondary N) is 1. The molecule has 0 saturated carbocycles. The Balaban J connectivity index is 1.51. The molecule has 2 aromatic rings. The molecule has 4 rings (SSSR count). The molecule has 0 aliphatic carbocycles. The second-order valence-corrected chi connectivity index (χ2v) is 7.51. The maximum atomic E-state index is 13.2. The summed E-state index contributed by atoms with van der Waals surface area (Å²) in [5.74, 6) is -0.265. The van der Waals surface area contributed by atoms with Crippen LogP contribution in [-0.4, -0.2) is 49.0 Å². The van der Waals surface area contributed by atoms with Gasteiger partial charge >= 0.3 is 0 Å². The zero-order valence-corrected chi connectivity index (χ0v) is 16.4. The highest BCUT2D eigenvalue weighted by molar-refractivity contribution is 6.30. The Morgan fingerprint density at radius 3 is 2.75 bits per heavy atom. The van der Waals surface area contributed by atoms with Gasteiger partial charge in [-0.05, 0) is 36.8 Å². The Hall–Kier alpha value is -2.41. The Bertz CT molecular complexity index is 887. The zero-order chi connectivity index (χ0) is 19.7. The molecule has 2 heterocycles. The minimum atomic E-state index is -0.363. The van der Waals surface area contributed by atoms with Crippen LogP contribution in [0, 0.1) is 0 Å². The molecule has 1 fully saturated rings. The number of anilines is 2. The van der Waals surface area contributed by atoms with E-state index in [0.717, 1.165) is 11.3 Å². The number of hydrogen-bond acceptors (Lipinski definition) is 4. The number of carbonyl (C=O) groups excluding carboxylic acids is 2. The summed E-state index contributed by atoms with van der Waals surface area (Å²) < 4.78 is 5.91. The lowest BCUT2D eigenvalue weighted by atomic mass is 10.1. The maximum Gasteiger partial charge on any atom is 0.244 e. The van der Waals surface area contributed by atoms with Gasteiger partial charge in [-0.15, -0.1) is 0 Å². The molecule has 6 nitrogen and oxygen atoms in total. The standard InChI is InChI=1S/C21H22ClN3O3/c1-14(21(27)25-13-20(26)23-17-4-2-3-5-18(17)25)24-10-11-28-19(12-24)15-6-8-16(22)9-7-15/h2-9,14,19H,10-13H2,1H3,(H,23,26)/t14-,19-/m0/s1. The molecule has 0 spiro atoms. The van der Waals surface area contributed by atoms with Crippen LogP contribution in [0.15, 0.2) is 48.5 Å². The van der Waals surface area contributed by atoms with Crippen molar-refractivity contribution in [3.63, 3.8) is 0 Å². The van der Waals surface area contributed by atoms with Gasteiger partial charge in [0, 0.05) is 18.1 Å². The van der Waals surface area contributed by atoms with Gasteiger partial charge in [0.05, 0.1) is 30.1 Å².